The van der Waals surface area contributed by atoms with Crippen molar-refractivity contribution >= 4 is 17.6 Å². The van der Waals surface area contributed by atoms with E-state index < -0.39 is 17.6 Å². The molecule has 112 valence electrons. The number of hydrogen-bond donors (Lipinski definition) is 2. The lowest BCUT2D eigenvalue weighted by Crippen LogP contribution is -2.53. The molecule has 1 atom stereocenters. The molecule has 21 heavy (non-hydrogen) atoms. The molecule has 0 spiro atoms. The van der Waals surface area contributed by atoms with Crippen LogP contribution in [0.3, 0.4) is 0 Å². The fourth-order valence-corrected chi connectivity index (χ4v) is 2.11. The van der Waals surface area contributed by atoms with E-state index in [1.807, 2.05) is 0 Å². The third-order valence-corrected chi connectivity index (χ3v) is 3.05. The molecular weight excluding hydrogens is 276 g/mol. The average Bonchev–Trinajstić information content (AvgIpc) is 2.75. The molecule has 2 N–H and O–H groups in total. The van der Waals surface area contributed by atoms with Gasteiger partial charge in [0.25, 0.3) is 11.6 Å². The van der Waals surface area contributed by atoms with E-state index in [-0.39, 0.29) is 24.3 Å². The lowest BCUT2D eigenvalue weighted by Gasteiger charge is -2.28. The van der Waals surface area contributed by atoms with Crippen LogP contribution in [-0.2, 0) is 9.53 Å². The van der Waals surface area contributed by atoms with Gasteiger partial charge in [-0.2, -0.15) is 10.1 Å². The number of aromatic hydroxyl groups is 1. The number of hydrazone groups is 1. The Morgan fingerprint density at radius 2 is 2.10 bits per heavy atom. The first-order valence-corrected chi connectivity index (χ1v) is 6.46. The molecule has 0 bridgehead atoms. The molecule has 0 saturated carbocycles. The van der Waals surface area contributed by atoms with Gasteiger partial charge in [-0.25, -0.2) is 4.79 Å². The molecule has 1 aliphatic heterocycles. The summed E-state index contributed by atoms with van der Waals surface area (Å²) in [6.07, 6.45) is -0.134. The van der Waals surface area contributed by atoms with Crippen LogP contribution >= 0.6 is 0 Å². The van der Waals surface area contributed by atoms with Crippen LogP contribution in [0.4, 0.5) is 0 Å². The highest BCUT2D eigenvalue weighted by molar-refractivity contribution is 6.03. The van der Waals surface area contributed by atoms with Gasteiger partial charge >= 0.3 is 5.97 Å². The molecule has 1 aliphatic rings. The zero-order valence-corrected chi connectivity index (χ0v) is 11.7. The molecule has 0 saturated heterocycles. The number of aliphatic hydroxyl groups is 1. The highest BCUT2D eigenvalue weighted by atomic mass is 16.6. The minimum Gasteiger partial charge on any atom is -0.507 e. The van der Waals surface area contributed by atoms with Gasteiger partial charge in [0.05, 0.1) is 12.2 Å². The number of benzene rings is 1. The van der Waals surface area contributed by atoms with E-state index in [1.165, 1.54) is 12.1 Å². The van der Waals surface area contributed by atoms with Crippen LogP contribution in [0.5, 0.6) is 5.75 Å². The fraction of sp³-hybridized carbons (Fsp3) is 0.357. The number of carbonyl (C=O) groups is 2. The van der Waals surface area contributed by atoms with Gasteiger partial charge in [-0.15, -0.1) is 0 Å². The minimum atomic E-state index is -2.18. The molecule has 1 aromatic rings. The Balaban J connectivity index is 2.38. The Hall–Kier alpha value is -2.41. The van der Waals surface area contributed by atoms with Crippen molar-refractivity contribution in [2.45, 2.75) is 26.0 Å². The number of hydrogen-bond acceptors (Lipinski definition) is 6. The second-order valence-corrected chi connectivity index (χ2v) is 4.68. The summed E-state index contributed by atoms with van der Waals surface area (Å²) in [5.41, 5.74) is -1.83. The fourth-order valence-electron chi connectivity index (χ4n) is 2.11. The van der Waals surface area contributed by atoms with Crippen LogP contribution in [0.2, 0.25) is 0 Å². The van der Waals surface area contributed by atoms with Gasteiger partial charge in [0.1, 0.15) is 5.75 Å². The lowest BCUT2D eigenvalue weighted by atomic mass is 10.1. The molecule has 7 nitrogen and oxygen atoms in total. The number of phenolic OH excluding ortho intramolecular Hbond substituents is 1. The van der Waals surface area contributed by atoms with Crippen LogP contribution in [0.15, 0.2) is 29.4 Å². The van der Waals surface area contributed by atoms with Crippen molar-refractivity contribution in [3.05, 3.63) is 29.8 Å². The van der Waals surface area contributed by atoms with Gasteiger partial charge in [-0.3, -0.25) is 4.79 Å². The third-order valence-electron chi connectivity index (χ3n) is 3.05. The highest BCUT2D eigenvalue weighted by Gasteiger charge is 2.51. The summed E-state index contributed by atoms with van der Waals surface area (Å²) in [5.74, 6) is -1.98. The minimum absolute atomic E-state index is 0.0568. The first-order chi connectivity index (χ1) is 9.90. The van der Waals surface area contributed by atoms with Crippen molar-refractivity contribution in [3.8, 4) is 5.75 Å². The van der Waals surface area contributed by atoms with E-state index in [2.05, 4.69) is 5.10 Å². The Morgan fingerprint density at radius 3 is 2.71 bits per heavy atom. The second kappa shape index (κ2) is 5.53. The molecule has 0 aliphatic carbocycles. The van der Waals surface area contributed by atoms with Gasteiger partial charge < -0.3 is 14.9 Å². The largest absolute Gasteiger partial charge is 0.507 e. The van der Waals surface area contributed by atoms with Crippen molar-refractivity contribution in [2.24, 2.45) is 5.10 Å². The maximum Gasteiger partial charge on any atom is 0.362 e. The number of phenols is 1. The van der Waals surface area contributed by atoms with E-state index in [0.717, 1.165) is 0 Å². The summed E-state index contributed by atoms with van der Waals surface area (Å²) in [6, 6.07) is 5.83. The van der Waals surface area contributed by atoms with Crippen LogP contribution in [-0.4, -0.2) is 45.1 Å². The first kappa shape index (κ1) is 15.0. The number of rotatable bonds is 3. The van der Waals surface area contributed by atoms with Crippen molar-refractivity contribution in [1.29, 1.82) is 0 Å². The zero-order valence-electron chi connectivity index (χ0n) is 11.7. The number of esters is 1. The topological polar surface area (TPSA) is 99.4 Å². The third kappa shape index (κ3) is 2.59. The summed E-state index contributed by atoms with van der Waals surface area (Å²) in [7, 11) is 0. The number of para-hydroxylation sites is 1. The monoisotopic (exact) mass is 292 g/mol. The quantitative estimate of drug-likeness (QED) is 0.805. The normalized spacial score (nSPS) is 21.1. The van der Waals surface area contributed by atoms with Gasteiger partial charge in [0.15, 0.2) is 0 Å². The Bertz CT molecular complexity index is 613. The predicted molar refractivity (Wildman–Crippen MR) is 73.6 cm³/mol. The number of carbonyl (C=O) groups excluding carboxylic acids is 2. The molecule has 1 heterocycles. The summed E-state index contributed by atoms with van der Waals surface area (Å²) in [6.45, 7) is 3.25. The van der Waals surface area contributed by atoms with E-state index in [0.29, 0.717) is 10.7 Å². The molecule has 2 rings (SSSR count). The van der Waals surface area contributed by atoms with E-state index >= 15 is 0 Å². The SMILES string of the molecule is CCOC(=O)[C@]1(O)CC(C)=NN1C(=O)c1ccccc1O. The summed E-state index contributed by atoms with van der Waals surface area (Å²) >= 11 is 0. The highest BCUT2D eigenvalue weighted by Crippen LogP contribution is 2.30. The van der Waals surface area contributed by atoms with Crippen LogP contribution in [0.1, 0.15) is 30.6 Å². The smallest absolute Gasteiger partial charge is 0.362 e. The van der Waals surface area contributed by atoms with Gasteiger partial charge in [0.2, 0.25) is 0 Å². The average molecular weight is 292 g/mol. The number of nitrogens with zero attached hydrogens (tertiary/aromatic N) is 2. The summed E-state index contributed by atoms with van der Waals surface area (Å²) < 4.78 is 4.81. The van der Waals surface area contributed by atoms with Crippen LogP contribution < -0.4 is 0 Å². The van der Waals surface area contributed by atoms with Crippen molar-refractivity contribution in [1.82, 2.24) is 5.01 Å². The Labute approximate surface area is 121 Å². The Kier molecular flexibility index (Phi) is 3.95. The first-order valence-electron chi connectivity index (χ1n) is 6.46. The molecule has 0 radical (unpaired) electrons. The van der Waals surface area contributed by atoms with Crippen molar-refractivity contribution in [3.63, 3.8) is 0 Å². The van der Waals surface area contributed by atoms with E-state index in [9.17, 15) is 19.8 Å². The molecule has 1 aromatic carbocycles. The molecule has 0 fully saturated rings. The second-order valence-electron chi connectivity index (χ2n) is 4.68. The maximum absolute atomic E-state index is 12.4. The predicted octanol–water partition coefficient (Wildman–Crippen LogP) is 0.866. The maximum atomic E-state index is 12.4. The summed E-state index contributed by atoms with van der Waals surface area (Å²) in [4.78, 5) is 24.4. The van der Waals surface area contributed by atoms with Gasteiger partial charge in [-0.1, -0.05) is 12.1 Å². The van der Waals surface area contributed by atoms with Gasteiger partial charge in [-0.05, 0) is 26.0 Å². The van der Waals surface area contributed by atoms with Crippen molar-refractivity contribution < 1.29 is 24.5 Å². The van der Waals surface area contributed by atoms with E-state index in [1.54, 1.807) is 26.0 Å². The zero-order chi connectivity index (χ0) is 15.6. The lowest BCUT2D eigenvalue weighted by molar-refractivity contribution is -0.179. The molecule has 7 heteroatoms. The van der Waals surface area contributed by atoms with Crippen LogP contribution in [0, 0.1) is 0 Å². The van der Waals surface area contributed by atoms with E-state index in [4.69, 9.17) is 4.74 Å². The van der Waals surface area contributed by atoms with Crippen molar-refractivity contribution in [2.75, 3.05) is 6.61 Å². The Morgan fingerprint density at radius 1 is 1.43 bits per heavy atom. The van der Waals surface area contributed by atoms with Crippen LogP contribution in [0.25, 0.3) is 0 Å². The van der Waals surface area contributed by atoms with Gasteiger partial charge in [0, 0.05) is 12.1 Å². The number of ether oxygens (including phenoxy) is 1. The molecule has 0 aromatic heterocycles. The standard InChI is InChI=1S/C14H16N2O5/c1-3-21-13(19)14(20)8-9(2)15-16(14)12(18)10-6-4-5-7-11(10)17/h4-7,17,20H,3,8H2,1-2H3/t14-/m1/s1. The molecular formula is C14H16N2O5. The summed E-state index contributed by atoms with van der Waals surface area (Å²) in [5, 5.41) is 24.8. The molecule has 1 amide bonds. The number of amides is 1. The molecule has 0 unspecified atom stereocenters.